The van der Waals surface area contributed by atoms with Crippen molar-refractivity contribution in [1.82, 2.24) is 14.3 Å². The topological polar surface area (TPSA) is 96.2 Å². The van der Waals surface area contributed by atoms with E-state index < -0.39 is 0 Å². The number of aliphatic hydroxyl groups is 1. The first-order valence-corrected chi connectivity index (χ1v) is 9.81. The Morgan fingerprint density at radius 2 is 2.21 bits per heavy atom. The van der Waals surface area contributed by atoms with Crippen molar-refractivity contribution in [2.45, 2.75) is 6.92 Å². The highest BCUT2D eigenvalue weighted by Crippen LogP contribution is 2.32. The monoisotopic (exact) mass is 420 g/mol. The maximum absolute atomic E-state index is 13.1. The smallest absolute Gasteiger partial charge is 0.267 e. The summed E-state index contributed by atoms with van der Waals surface area (Å²) in [5.74, 6) is 0.0457. The fourth-order valence-electron chi connectivity index (χ4n) is 2.76. The molecule has 1 fully saturated rings. The minimum absolute atomic E-state index is 0.118. The Labute approximate surface area is 171 Å². The van der Waals surface area contributed by atoms with Gasteiger partial charge in [0.2, 0.25) is 0 Å². The number of aromatic nitrogens is 2. The first-order chi connectivity index (χ1) is 13.5. The lowest BCUT2D eigenvalue weighted by molar-refractivity contribution is -0.122. The molecular formula is C18H20N4O4S2. The summed E-state index contributed by atoms with van der Waals surface area (Å²) in [4.78, 5) is 32.1. The number of aliphatic hydroxyl groups excluding tert-OH is 1. The van der Waals surface area contributed by atoms with Crippen LogP contribution in [0.4, 0.5) is 5.82 Å². The summed E-state index contributed by atoms with van der Waals surface area (Å²) in [6.07, 6.45) is 3.14. The maximum Gasteiger partial charge on any atom is 0.267 e. The lowest BCUT2D eigenvalue weighted by Crippen LogP contribution is -2.31. The van der Waals surface area contributed by atoms with Gasteiger partial charge in [-0.05, 0) is 24.6 Å². The molecule has 2 aromatic heterocycles. The summed E-state index contributed by atoms with van der Waals surface area (Å²) in [5.41, 5.74) is 1.28. The van der Waals surface area contributed by atoms with Crippen LogP contribution in [-0.4, -0.2) is 63.0 Å². The van der Waals surface area contributed by atoms with Gasteiger partial charge in [-0.2, -0.15) is 0 Å². The molecule has 8 nitrogen and oxygen atoms in total. The molecule has 1 amide bonds. The molecule has 3 rings (SSSR count). The molecule has 0 atom stereocenters. The van der Waals surface area contributed by atoms with Gasteiger partial charge in [-0.3, -0.25) is 18.9 Å². The molecule has 0 aliphatic carbocycles. The van der Waals surface area contributed by atoms with Crippen molar-refractivity contribution in [2.24, 2.45) is 0 Å². The van der Waals surface area contributed by atoms with Crippen LogP contribution in [0.5, 0.6) is 0 Å². The fourth-order valence-corrected chi connectivity index (χ4v) is 4.05. The van der Waals surface area contributed by atoms with E-state index in [4.69, 9.17) is 22.1 Å². The number of ether oxygens (including phenoxy) is 1. The molecule has 0 radical (unpaired) electrons. The largest absolute Gasteiger partial charge is 0.395 e. The van der Waals surface area contributed by atoms with Crippen molar-refractivity contribution in [1.29, 1.82) is 0 Å². The molecule has 1 saturated heterocycles. The van der Waals surface area contributed by atoms with E-state index >= 15 is 0 Å². The molecule has 2 N–H and O–H groups in total. The number of nitrogens with one attached hydrogen (secondary N) is 1. The predicted octanol–water partition coefficient (Wildman–Crippen LogP) is 1.25. The number of hydrogen-bond donors (Lipinski definition) is 2. The Balaban J connectivity index is 2.10. The number of thiocarbonyl (C=S) groups is 1. The predicted molar refractivity (Wildman–Crippen MR) is 114 cm³/mol. The lowest BCUT2D eigenvalue weighted by Gasteiger charge is -2.13. The number of methoxy groups -OCH3 is 1. The van der Waals surface area contributed by atoms with E-state index in [0.29, 0.717) is 33.8 Å². The second kappa shape index (κ2) is 8.82. The SMILES string of the molecule is COCCN1C(=O)/C(=C\c2c(NCCO)nc3c(C)cccn3c2=O)SC1=S. The average molecular weight is 421 g/mol. The molecule has 0 spiro atoms. The molecule has 0 aromatic carbocycles. The number of nitrogens with zero attached hydrogens (tertiary/aromatic N) is 3. The van der Waals surface area contributed by atoms with Crippen LogP contribution in [0.15, 0.2) is 28.0 Å². The summed E-state index contributed by atoms with van der Waals surface area (Å²) in [7, 11) is 1.55. The molecule has 0 saturated carbocycles. The minimum Gasteiger partial charge on any atom is -0.395 e. The number of aryl methyl sites for hydroxylation is 1. The summed E-state index contributed by atoms with van der Waals surface area (Å²) < 4.78 is 6.88. The van der Waals surface area contributed by atoms with Crippen LogP contribution in [0.25, 0.3) is 11.7 Å². The van der Waals surface area contributed by atoms with Gasteiger partial charge in [0.15, 0.2) is 0 Å². The number of fused-ring (bicyclic) bond motifs is 1. The van der Waals surface area contributed by atoms with Crippen LogP contribution >= 0.6 is 24.0 Å². The first kappa shape index (κ1) is 20.5. The minimum atomic E-state index is -0.309. The van der Waals surface area contributed by atoms with Crippen LogP contribution in [0.2, 0.25) is 0 Å². The van der Waals surface area contributed by atoms with Crippen molar-refractivity contribution in [3.05, 3.63) is 44.7 Å². The molecule has 0 bridgehead atoms. The third kappa shape index (κ3) is 3.95. The van der Waals surface area contributed by atoms with Crippen LogP contribution in [0, 0.1) is 6.92 Å². The quantitative estimate of drug-likeness (QED) is 0.511. The van der Waals surface area contributed by atoms with E-state index in [2.05, 4.69) is 10.3 Å². The normalized spacial score (nSPS) is 15.8. The van der Waals surface area contributed by atoms with E-state index in [9.17, 15) is 9.59 Å². The van der Waals surface area contributed by atoms with Crippen molar-refractivity contribution < 1.29 is 14.6 Å². The van der Waals surface area contributed by atoms with E-state index in [1.54, 1.807) is 19.4 Å². The zero-order valence-corrected chi connectivity index (χ0v) is 17.1. The second-order valence-corrected chi connectivity index (χ2v) is 7.72. The molecule has 0 unspecified atom stereocenters. The standard InChI is InChI=1S/C18H20N4O4S2/c1-11-4-3-6-21-15(11)20-14(19-5-8-23)12(16(21)24)10-13-17(25)22(7-9-26-2)18(27)28-13/h3-4,6,10,19,23H,5,7-9H2,1-2H3/b13-10+. The van der Waals surface area contributed by atoms with E-state index in [1.807, 2.05) is 13.0 Å². The average Bonchev–Trinajstić information content (AvgIpc) is 2.94. The number of hydrogen-bond acceptors (Lipinski definition) is 8. The summed E-state index contributed by atoms with van der Waals surface area (Å²) in [6.45, 7) is 2.68. The number of carbonyl (C=O) groups excluding carboxylic acids is 1. The molecule has 1 aliphatic heterocycles. The van der Waals surface area contributed by atoms with Gasteiger partial charge in [0.1, 0.15) is 15.8 Å². The number of rotatable bonds is 7. The number of anilines is 1. The van der Waals surface area contributed by atoms with Crippen molar-refractivity contribution >= 4 is 51.7 Å². The Kier molecular flexibility index (Phi) is 6.45. The number of amides is 1. The van der Waals surface area contributed by atoms with Gasteiger partial charge in [-0.25, -0.2) is 4.98 Å². The van der Waals surface area contributed by atoms with Gasteiger partial charge in [-0.1, -0.05) is 30.0 Å². The Morgan fingerprint density at radius 3 is 2.93 bits per heavy atom. The van der Waals surface area contributed by atoms with Gasteiger partial charge in [0, 0.05) is 19.9 Å². The van der Waals surface area contributed by atoms with E-state index in [-0.39, 0.29) is 30.2 Å². The third-order valence-corrected chi connectivity index (χ3v) is 5.53. The second-order valence-electron chi connectivity index (χ2n) is 6.04. The number of pyridine rings is 1. The molecule has 148 valence electrons. The zero-order chi connectivity index (χ0) is 20.3. The van der Waals surface area contributed by atoms with E-state index in [1.165, 1.54) is 15.4 Å². The van der Waals surface area contributed by atoms with Gasteiger partial charge in [-0.15, -0.1) is 0 Å². The summed E-state index contributed by atoms with van der Waals surface area (Å²) in [5, 5.41) is 12.1. The Morgan fingerprint density at radius 1 is 1.43 bits per heavy atom. The van der Waals surface area contributed by atoms with Crippen molar-refractivity contribution in [3.63, 3.8) is 0 Å². The summed E-state index contributed by atoms with van der Waals surface area (Å²) >= 11 is 6.42. The van der Waals surface area contributed by atoms with Gasteiger partial charge < -0.3 is 15.2 Å². The first-order valence-electron chi connectivity index (χ1n) is 8.59. The number of carbonyl (C=O) groups is 1. The van der Waals surface area contributed by atoms with Crippen LogP contribution in [0.3, 0.4) is 0 Å². The molecule has 1 aliphatic rings. The molecule has 3 heterocycles. The Bertz CT molecular complexity index is 1020. The van der Waals surface area contributed by atoms with Crippen LogP contribution < -0.4 is 10.9 Å². The molecule has 2 aromatic rings. The molecular weight excluding hydrogens is 400 g/mol. The Hall–Kier alpha value is -2.27. The fraction of sp³-hybridized carbons (Fsp3) is 0.333. The summed E-state index contributed by atoms with van der Waals surface area (Å²) in [6, 6.07) is 3.62. The third-order valence-electron chi connectivity index (χ3n) is 4.16. The van der Waals surface area contributed by atoms with E-state index in [0.717, 1.165) is 17.3 Å². The highest BCUT2D eigenvalue weighted by Gasteiger charge is 2.32. The molecule has 28 heavy (non-hydrogen) atoms. The van der Waals surface area contributed by atoms with Gasteiger partial charge in [0.25, 0.3) is 11.5 Å². The van der Waals surface area contributed by atoms with Crippen LogP contribution in [0.1, 0.15) is 11.1 Å². The maximum atomic E-state index is 13.1. The zero-order valence-electron chi connectivity index (χ0n) is 15.5. The van der Waals surface area contributed by atoms with Crippen molar-refractivity contribution in [3.8, 4) is 0 Å². The number of thioether (sulfide) groups is 1. The molecule has 10 heteroatoms. The van der Waals surface area contributed by atoms with Crippen molar-refractivity contribution in [2.75, 3.05) is 38.7 Å². The highest BCUT2D eigenvalue weighted by atomic mass is 32.2. The van der Waals surface area contributed by atoms with Gasteiger partial charge in [0.05, 0.1) is 30.2 Å². The van der Waals surface area contributed by atoms with Crippen LogP contribution in [-0.2, 0) is 9.53 Å². The lowest BCUT2D eigenvalue weighted by atomic mass is 10.2. The highest BCUT2D eigenvalue weighted by molar-refractivity contribution is 8.26. The van der Waals surface area contributed by atoms with Gasteiger partial charge >= 0.3 is 0 Å².